The molecule has 0 spiro atoms. The topological polar surface area (TPSA) is 72.5 Å². The molecule has 0 radical (unpaired) electrons. The number of rotatable bonds is 4. The van der Waals surface area contributed by atoms with Gasteiger partial charge in [0.1, 0.15) is 5.82 Å². The summed E-state index contributed by atoms with van der Waals surface area (Å²) in [6.45, 7) is 3.26. The van der Waals surface area contributed by atoms with Crippen molar-refractivity contribution in [3.8, 4) is 0 Å². The third-order valence-electron chi connectivity index (χ3n) is 3.93. The molecule has 26 heavy (non-hydrogen) atoms. The molecule has 1 amide bonds. The Labute approximate surface area is 153 Å². The van der Waals surface area contributed by atoms with Gasteiger partial charge < -0.3 is 10.1 Å². The van der Waals surface area contributed by atoms with Crippen LogP contribution < -0.4 is 5.32 Å². The zero-order valence-corrected chi connectivity index (χ0v) is 14.9. The first-order valence-electron chi connectivity index (χ1n) is 7.97. The second kappa shape index (κ2) is 7.29. The van der Waals surface area contributed by atoms with Crippen LogP contribution in [0.5, 0.6) is 0 Å². The number of ketones is 1. The van der Waals surface area contributed by atoms with E-state index in [1.54, 1.807) is 19.1 Å². The summed E-state index contributed by atoms with van der Waals surface area (Å²) < 4.78 is 18.2. The van der Waals surface area contributed by atoms with Crippen LogP contribution in [-0.2, 0) is 9.53 Å². The van der Waals surface area contributed by atoms with Crippen molar-refractivity contribution < 1.29 is 23.5 Å². The summed E-state index contributed by atoms with van der Waals surface area (Å²) in [5.74, 6) is -1.68. The number of hydrogen-bond donors (Lipinski definition) is 1. The summed E-state index contributed by atoms with van der Waals surface area (Å²) in [6, 6.07) is 9.89. The highest BCUT2D eigenvalue weighted by Gasteiger charge is 2.25. The van der Waals surface area contributed by atoms with Crippen LogP contribution in [0, 0.1) is 5.82 Å². The van der Waals surface area contributed by atoms with Crippen LogP contribution in [0.25, 0.3) is 0 Å². The van der Waals surface area contributed by atoms with Gasteiger partial charge in [-0.25, -0.2) is 9.18 Å². The Morgan fingerprint density at radius 2 is 1.81 bits per heavy atom. The van der Waals surface area contributed by atoms with Gasteiger partial charge in [-0.1, -0.05) is 0 Å². The maximum Gasteiger partial charge on any atom is 0.338 e. The van der Waals surface area contributed by atoms with Crippen molar-refractivity contribution in [3.05, 3.63) is 59.4 Å². The highest BCUT2D eigenvalue weighted by Crippen LogP contribution is 2.36. The number of ether oxygens (including phenoxy) is 1. The van der Waals surface area contributed by atoms with E-state index in [1.165, 1.54) is 49.0 Å². The van der Waals surface area contributed by atoms with Crippen molar-refractivity contribution in [2.24, 2.45) is 0 Å². The van der Waals surface area contributed by atoms with Crippen LogP contribution in [0.3, 0.4) is 0 Å². The van der Waals surface area contributed by atoms with Gasteiger partial charge in [0.05, 0.1) is 16.5 Å². The van der Waals surface area contributed by atoms with Gasteiger partial charge in [0, 0.05) is 10.5 Å². The SMILES string of the molecule is CC(OC(=O)c1ccc2c(c1)NC(=O)C(C)S2)C(=O)c1ccc(F)cc1. The fourth-order valence-corrected chi connectivity index (χ4v) is 3.40. The minimum atomic E-state index is -1.02. The Kier molecular flexibility index (Phi) is 5.08. The number of carbonyl (C=O) groups is 3. The van der Waals surface area contributed by atoms with Gasteiger partial charge in [0.2, 0.25) is 11.7 Å². The summed E-state index contributed by atoms with van der Waals surface area (Å²) in [7, 11) is 0. The smallest absolute Gasteiger partial charge is 0.338 e. The zero-order chi connectivity index (χ0) is 18.8. The Bertz CT molecular complexity index is 882. The predicted molar refractivity (Wildman–Crippen MR) is 96.0 cm³/mol. The first-order chi connectivity index (χ1) is 12.3. The lowest BCUT2D eigenvalue weighted by Gasteiger charge is -2.21. The van der Waals surface area contributed by atoms with E-state index in [9.17, 15) is 18.8 Å². The van der Waals surface area contributed by atoms with Crippen LogP contribution in [0.2, 0.25) is 0 Å². The number of nitrogens with one attached hydrogen (secondary N) is 1. The lowest BCUT2D eigenvalue weighted by molar-refractivity contribution is -0.115. The molecule has 134 valence electrons. The van der Waals surface area contributed by atoms with Crippen molar-refractivity contribution in [1.82, 2.24) is 0 Å². The van der Waals surface area contributed by atoms with Crippen LogP contribution in [0.1, 0.15) is 34.6 Å². The molecule has 0 fully saturated rings. The number of carbonyl (C=O) groups excluding carboxylic acids is 3. The monoisotopic (exact) mass is 373 g/mol. The fraction of sp³-hybridized carbons (Fsp3) is 0.211. The van der Waals surface area contributed by atoms with E-state index in [2.05, 4.69) is 5.32 Å². The van der Waals surface area contributed by atoms with Gasteiger partial charge in [0.25, 0.3) is 0 Å². The van der Waals surface area contributed by atoms with Gasteiger partial charge in [-0.05, 0) is 56.3 Å². The summed E-state index contributed by atoms with van der Waals surface area (Å²) in [6.07, 6.45) is -1.02. The van der Waals surface area contributed by atoms with Crippen molar-refractivity contribution in [2.45, 2.75) is 30.1 Å². The number of fused-ring (bicyclic) bond motifs is 1. The fourth-order valence-electron chi connectivity index (χ4n) is 2.47. The zero-order valence-electron chi connectivity index (χ0n) is 14.1. The maximum atomic E-state index is 12.9. The summed E-state index contributed by atoms with van der Waals surface area (Å²) in [4.78, 5) is 37.2. The van der Waals surface area contributed by atoms with Crippen molar-refractivity contribution in [3.63, 3.8) is 0 Å². The Morgan fingerprint density at radius 3 is 2.50 bits per heavy atom. The number of amides is 1. The van der Waals surface area contributed by atoms with Gasteiger partial charge in [-0.2, -0.15) is 0 Å². The second-order valence-electron chi connectivity index (χ2n) is 5.88. The van der Waals surface area contributed by atoms with Crippen LogP contribution in [0.15, 0.2) is 47.4 Å². The predicted octanol–water partition coefficient (Wildman–Crippen LogP) is 3.69. The molecule has 2 aromatic rings. The molecule has 1 N–H and O–H groups in total. The van der Waals surface area contributed by atoms with E-state index >= 15 is 0 Å². The summed E-state index contributed by atoms with van der Waals surface area (Å²) in [5.41, 5.74) is 1.04. The largest absolute Gasteiger partial charge is 0.451 e. The average Bonchev–Trinajstić information content (AvgIpc) is 2.62. The number of Topliss-reactive ketones (excluding diaryl/α,β-unsaturated/α-hetero) is 1. The molecule has 0 aromatic heterocycles. The van der Waals surface area contributed by atoms with Crippen molar-refractivity contribution in [1.29, 1.82) is 0 Å². The summed E-state index contributed by atoms with van der Waals surface area (Å²) in [5, 5.41) is 2.54. The number of benzene rings is 2. The van der Waals surface area contributed by atoms with E-state index in [0.29, 0.717) is 5.69 Å². The van der Waals surface area contributed by atoms with Crippen LogP contribution >= 0.6 is 11.8 Å². The first-order valence-corrected chi connectivity index (χ1v) is 8.85. The Hall–Kier alpha value is -2.67. The Balaban J connectivity index is 1.72. The molecule has 2 unspecified atom stereocenters. The average molecular weight is 373 g/mol. The third-order valence-corrected chi connectivity index (χ3v) is 5.11. The third kappa shape index (κ3) is 3.77. The molecule has 0 saturated carbocycles. The number of anilines is 1. The number of hydrogen-bond acceptors (Lipinski definition) is 5. The number of thioether (sulfide) groups is 1. The molecule has 2 atom stereocenters. The molecular weight excluding hydrogens is 357 g/mol. The molecular formula is C19H16FNO4S. The molecule has 1 aliphatic rings. The highest BCUT2D eigenvalue weighted by molar-refractivity contribution is 8.00. The van der Waals surface area contributed by atoms with Crippen LogP contribution in [0.4, 0.5) is 10.1 Å². The second-order valence-corrected chi connectivity index (χ2v) is 7.26. The molecule has 2 aromatic carbocycles. The molecule has 5 nitrogen and oxygen atoms in total. The quantitative estimate of drug-likeness (QED) is 0.654. The van der Waals surface area contributed by atoms with Crippen molar-refractivity contribution in [2.75, 3.05) is 5.32 Å². The molecule has 0 aliphatic carbocycles. The molecule has 7 heteroatoms. The normalized spacial score (nSPS) is 17.0. The molecule has 0 saturated heterocycles. The molecule has 1 heterocycles. The lowest BCUT2D eigenvalue weighted by Crippen LogP contribution is -2.27. The lowest BCUT2D eigenvalue weighted by atomic mass is 10.1. The van der Waals surface area contributed by atoms with E-state index in [1.807, 2.05) is 0 Å². The van der Waals surface area contributed by atoms with Gasteiger partial charge in [-0.15, -0.1) is 11.8 Å². The Morgan fingerprint density at radius 1 is 1.15 bits per heavy atom. The van der Waals surface area contributed by atoms with Crippen LogP contribution in [-0.4, -0.2) is 29.0 Å². The van der Waals surface area contributed by atoms with E-state index < -0.39 is 23.7 Å². The van der Waals surface area contributed by atoms with E-state index in [-0.39, 0.29) is 22.3 Å². The van der Waals surface area contributed by atoms with E-state index in [4.69, 9.17) is 4.74 Å². The van der Waals surface area contributed by atoms with Gasteiger partial charge >= 0.3 is 5.97 Å². The molecule has 1 aliphatic heterocycles. The maximum absolute atomic E-state index is 12.9. The minimum Gasteiger partial charge on any atom is -0.451 e. The van der Waals surface area contributed by atoms with Gasteiger partial charge in [0.15, 0.2) is 6.10 Å². The van der Waals surface area contributed by atoms with Gasteiger partial charge in [-0.3, -0.25) is 9.59 Å². The molecule has 3 rings (SSSR count). The number of esters is 1. The van der Waals surface area contributed by atoms with E-state index in [0.717, 1.165) is 4.90 Å². The number of halogens is 1. The summed E-state index contributed by atoms with van der Waals surface area (Å²) >= 11 is 1.41. The van der Waals surface area contributed by atoms with Crippen molar-refractivity contribution >= 4 is 35.1 Å². The molecule has 0 bridgehead atoms. The standard InChI is InChI=1S/C19H16FNO4S/c1-10(17(22)12-3-6-14(20)7-4-12)25-19(24)13-5-8-16-15(9-13)21-18(23)11(2)26-16/h3-11H,1-2H3,(H,21,23). The minimum absolute atomic E-state index is 0.132. The highest BCUT2D eigenvalue weighted by atomic mass is 32.2. The first kappa shape index (κ1) is 18.1.